The molecular weight excluding hydrogens is 254 g/mol. The minimum absolute atomic E-state index is 0.159. The van der Waals surface area contributed by atoms with E-state index in [1.54, 1.807) is 18.2 Å². The Labute approximate surface area is 109 Å². The molecule has 19 heavy (non-hydrogen) atoms. The molecule has 0 saturated heterocycles. The van der Waals surface area contributed by atoms with Gasteiger partial charge in [0.2, 0.25) is 12.7 Å². The number of benzene rings is 1. The molecule has 1 atom stereocenters. The average Bonchev–Trinajstić information content (AvgIpc) is 2.83. The highest BCUT2D eigenvalue weighted by Gasteiger charge is 2.16. The van der Waals surface area contributed by atoms with Gasteiger partial charge in [0.25, 0.3) is 0 Å². The second-order valence-electron chi connectivity index (χ2n) is 3.91. The Morgan fingerprint density at radius 1 is 1.42 bits per heavy atom. The Kier molecular flexibility index (Phi) is 3.86. The number of hydrogen-bond acceptors (Lipinski definition) is 5. The molecule has 2 N–H and O–H groups in total. The molecule has 0 saturated carbocycles. The van der Waals surface area contributed by atoms with Crippen LogP contribution in [-0.4, -0.2) is 36.5 Å². The topological polar surface area (TPSA) is 94.1 Å². The number of fused-ring (bicyclic) bond motifs is 1. The minimum atomic E-state index is -1.11. The molecule has 0 radical (unpaired) electrons. The highest BCUT2D eigenvalue weighted by Crippen LogP contribution is 2.34. The van der Waals surface area contributed by atoms with Gasteiger partial charge in [0, 0.05) is 11.8 Å². The van der Waals surface area contributed by atoms with Crippen molar-refractivity contribution in [1.29, 1.82) is 0 Å². The first-order valence-corrected chi connectivity index (χ1v) is 5.60. The predicted molar refractivity (Wildman–Crippen MR) is 64.2 cm³/mol. The maximum Gasteiger partial charge on any atom is 0.332 e. The molecule has 0 fully saturated rings. The summed E-state index contributed by atoms with van der Waals surface area (Å²) in [6.07, 6.45) is -1.03. The lowest BCUT2D eigenvalue weighted by molar-refractivity contribution is -0.150. The highest BCUT2D eigenvalue weighted by molar-refractivity contribution is 5.92. The molecule has 0 unspecified atom stereocenters. The number of carboxylic acids is 1. The molecule has 0 aromatic heterocycles. The highest BCUT2D eigenvalue weighted by atomic mass is 16.7. The number of carbonyl (C=O) groups is 2. The first kappa shape index (κ1) is 13.2. The number of aliphatic carboxylic acids is 1. The van der Waals surface area contributed by atoms with Gasteiger partial charge in [0.15, 0.2) is 17.6 Å². The van der Waals surface area contributed by atoms with E-state index in [1.807, 2.05) is 0 Å². The fourth-order valence-electron chi connectivity index (χ4n) is 1.44. The Morgan fingerprint density at radius 3 is 2.89 bits per heavy atom. The van der Waals surface area contributed by atoms with E-state index in [4.69, 9.17) is 19.3 Å². The number of amides is 1. The van der Waals surface area contributed by atoms with Crippen LogP contribution in [0.1, 0.15) is 6.92 Å². The molecule has 1 aromatic carbocycles. The largest absolute Gasteiger partial charge is 0.479 e. The summed E-state index contributed by atoms with van der Waals surface area (Å²) in [5, 5.41) is 11.2. The smallest absolute Gasteiger partial charge is 0.332 e. The Balaban J connectivity index is 1.87. The normalized spacial score (nSPS) is 13.9. The summed E-state index contributed by atoms with van der Waals surface area (Å²) in [7, 11) is 0. The standard InChI is InChI=1S/C12H13NO6/c1-7(12(15)16)17-5-11(14)13-8-2-3-9-10(4-8)19-6-18-9/h2-4,7H,5-6H2,1H3,(H,13,14)(H,15,16)/t7-/m0/s1. The maximum absolute atomic E-state index is 11.5. The van der Waals surface area contributed by atoms with Crippen LogP contribution in [-0.2, 0) is 14.3 Å². The van der Waals surface area contributed by atoms with Gasteiger partial charge in [-0.15, -0.1) is 0 Å². The molecule has 0 bridgehead atoms. The summed E-state index contributed by atoms with van der Waals surface area (Å²) < 4.78 is 15.2. The minimum Gasteiger partial charge on any atom is -0.479 e. The zero-order chi connectivity index (χ0) is 13.8. The molecule has 7 heteroatoms. The third-order valence-corrected chi connectivity index (χ3v) is 2.47. The zero-order valence-electron chi connectivity index (χ0n) is 10.2. The lowest BCUT2D eigenvalue weighted by Crippen LogP contribution is -2.26. The second kappa shape index (κ2) is 5.57. The van der Waals surface area contributed by atoms with Gasteiger partial charge in [-0.25, -0.2) is 4.79 Å². The van der Waals surface area contributed by atoms with Gasteiger partial charge in [-0.05, 0) is 19.1 Å². The van der Waals surface area contributed by atoms with Crippen molar-refractivity contribution in [3.05, 3.63) is 18.2 Å². The number of carbonyl (C=O) groups excluding carboxylic acids is 1. The van der Waals surface area contributed by atoms with Crippen molar-refractivity contribution >= 4 is 17.6 Å². The number of nitrogens with one attached hydrogen (secondary N) is 1. The Hall–Kier alpha value is -2.28. The van der Waals surface area contributed by atoms with Crippen LogP contribution in [0.2, 0.25) is 0 Å². The number of carboxylic acid groups (broad SMARTS) is 1. The van der Waals surface area contributed by atoms with Crippen molar-refractivity contribution in [1.82, 2.24) is 0 Å². The van der Waals surface area contributed by atoms with E-state index < -0.39 is 18.0 Å². The van der Waals surface area contributed by atoms with E-state index >= 15 is 0 Å². The van der Waals surface area contributed by atoms with Gasteiger partial charge in [-0.1, -0.05) is 0 Å². The van der Waals surface area contributed by atoms with Crippen LogP contribution in [0.4, 0.5) is 5.69 Å². The van der Waals surface area contributed by atoms with Gasteiger partial charge < -0.3 is 24.6 Å². The molecule has 1 heterocycles. The van der Waals surface area contributed by atoms with Crippen LogP contribution < -0.4 is 14.8 Å². The van der Waals surface area contributed by atoms with Crippen molar-refractivity contribution in [3.63, 3.8) is 0 Å². The van der Waals surface area contributed by atoms with E-state index in [2.05, 4.69) is 5.32 Å². The molecule has 7 nitrogen and oxygen atoms in total. The summed E-state index contributed by atoms with van der Waals surface area (Å²) >= 11 is 0. The first-order chi connectivity index (χ1) is 9.06. The molecule has 1 aliphatic rings. The van der Waals surface area contributed by atoms with Crippen LogP contribution in [0.25, 0.3) is 0 Å². The molecule has 1 aromatic rings. The second-order valence-corrected chi connectivity index (χ2v) is 3.91. The predicted octanol–water partition coefficient (Wildman–Crippen LogP) is 0.843. The summed E-state index contributed by atoms with van der Waals surface area (Å²) in [4.78, 5) is 22.0. The fraction of sp³-hybridized carbons (Fsp3) is 0.333. The number of hydrogen-bond donors (Lipinski definition) is 2. The molecule has 2 rings (SSSR count). The summed E-state index contributed by atoms with van der Waals surface area (Å²) in [5.74, 6) is -0.380. The van der Waals surface area contributed by atoms with Gasteiger partial charge in [0.1, 0.15) is 6.61 Å². The number of anilines is 1. The Morgan fingerprint density at radius 2 is 2.16 bits per heavy atom. The van der Waals surface area contributed by atoms with E-state index in [0.717, 1.165) is 0 Å². The van der Waals surface area contributed by atoms with Crippen LogP contribution in [0.15, 0.2) is 18.2 Å². The number of ether oxygens (including phenoxy) is 3. The lowest BCUT2D eigenvalue weighted by atomic mass is 10.3. The molecule has 0 aliphatic carbocycles. The average molecular weight is 267 g/mol. The number of rotatable bonds is 5. The van der Waals surface area contributed by atoms with Crippen molar-refractivity contribution in [2.45, 2.75) is 13.0 Å². The monoisotopic (exact) mass is 267 g/mol. The van der Waals surface area contributed by atoms with Gasteiger partial charge >= 0.3 is 5.97 Å². The van der Waals surface area contributed by atoms with Crippen molar-refractivity contribution in [3.8, 4) is 11.5 Å². The van der Waals surface area contributed by atoms with E-state index in [1.165, 1.54) is 6.92 Å². The van der Waals surface area contributed by atoms with E-state index in [9.17, 15) is 9.59 Å². The summed E-state index contributed by atoms with van der Waals surface area (Å²) in [6, 6.07) is 4.96. The maximum atomic E-state index is 11.5. The summed E-state index contributed by atoms with van der Waals surface area (Å²) in [6.45, 7) is 1.18. The van der Waals surface area contributed by atoms with Gasteiger partial charge in [0.05, 0.1) is 0 Å². The molecule has 1 aliphatic heterocycles. The zero-order valence-corrected chi connectivity index (χ0v) is 10.2. The van der Waals surface area contributed by atoms with Crippen LogP contribution in [0, 0.1) is 0 Å². The quantitative estimate of drug-likeness (QED) is 0.821. The fourth-order valence-corrected chi connectivity index (χ4v) is 1.44. The van der Waals surface area contributed by atoms with Gasteiger partial charge in [-0.2, -0.15) is 0 Å². The van der Waals surface area contributed by atoms with Crippen LogP contribution >= 0.6 is 0 Å². The van der Waals surface area contributed by atoms with Crippen molar-refractivity contribution < 1.29 is 28.9 Å². The third kappa shape index (κ3) is 3.35. The summed E-state index contributed by atoms with van der Waals surface area (Å²) in [5.41, 5.74) is 0.529. The lowest BCUT2D eigenvalue weighted by Gasteiger charge is -2.09. The Bertz CT molecular complexity index is 501. The molecule has 1 amide bonds. The van der Waals surface area contributed by atoms with E-state index in [-0.39, 0.29) is 13.4 Å². The third-order valence-electron chi connectivity index (χ3n) is 2.47. The van der Waals surface area contributed by atoms with Crippen molar-refractivity contribution in [2.24, 2.45) is 0 Å². The van der Waals surface area contributed by atoms with Crippen molar-refractivity contribution in [2.75, 3.05) is 18.7 Å². The molecular formula is C12H13NO6. The SMILES string of the molecule is C[C@H](OCC(=O)Nc1ccc2c(c1)OCO2)C(=O)O. The van der Waals surface area contributed by atoms with E-state index in [0.29, 0.717) is 17.2 Å². The van der Waals surface area contributed by atoms with Crippen LogP contribution in [0.5, 0.6) is 11.5 Å². The first-order valence-electron chi connectivity index (χ1n) is 5.60. The van der Waals surface area contributed by atoms with Crippen LogP contribution in [0.3, 0.4) is 0 Å². The molecule has 0 spiro atoms. The van der Waals surface area contributed by atoms with Gasteiger partial charge in [-0.3, -0.25) is 4.79 Å². The molecule has 102 valence electrons.